The van der Waals surface area contributed by atoms with Crippen LogP contribution < -0.4 is 10.9 Å². The molecule has 4 rings (SSSR count). The van der Waals surface area contributed by atoms with E-state index in [0.29, 0.717) is 40.8 Å². The number of rotatable bonds is 6. The number of aryl methyl sites for hydroxylation is 1. The Bertz CT molecular complexity index is 1060. The molecule has 2 aromatic heterocycles. The van der Waals surface area contributed by atoms with Gasteiger partial charge in [-0.25, -0.2) is 4.98 Å². The standard InChI is InChI=1S/C19H20N4O4S/c1-12-9-17(27-22-12)21-16(24)11-28-19-20-15-7-3-2-6-14(15)18(25)23(19)10-13-5-4-8-26-13/h2-3,6-7,9,13H,4-5,8,10-11H2,1H3,(H,21,24). The number of para-hydroxylation sites is 1. The van der Waals surface area contributed by atoms with Crippen molar-refractivity contribution in [2.45, 2.75) is 37.6 Å². The first-order chi connectivity index (χ1) is 13.6. The van der Waals surface area contributed by atoms with Gasteiger partial charge in [0, 0.05) is 12.7 Å². The molecule has 1 amide bonds. The molecule has 0 spiro atoms. The van der Waals surface area contributed by atoms with Gasteiger partial charge in [0.25, 0.3) is 5.56 Å². The molecule has 1 aliphatic rings. The third-order valence-corrected chi connectivity index (χ3v) is 5.44. The number of nitrogens with one attached hydrogen (secondary N) is 1. The van der Waals surface area contributed by atoms with Crippen molar-refractivity contribution < 1.29 is 14.1 Å². The van der Waals surface area contributed by atoms with Gasteiger partial charge in [0.05, 0.1) is 35.0 Å². The molecule has 8 nitrogen and oxygen atoms in total. The lowest BCUT2D eigenvalue weighted by molar-refractivity contribution is -0.113. The molecule has 146 valence electrons. The Labute approximate surface area is 165 Å². The monoisotopic (exact) mass is 400 g/mol. The van der Waals surface area contributed by atoms with Crippen molar-refractivity contribution in [1.29, 1.82) is 0 Å². The molecule has 0 bridgehead atoms. The van der Waals surface area contributed by atoms with Gasteiger partial charge in [0.15, 0.2) is 5.16 Å². The van der Waals surface area contributed by atoms with E-state index >= 15 is 0 Å². The number of benzene rings is 1. The number of hydrogen-bond donors (Lipinski definition) is 1. The number of aromatic nitrogens is 3. The number of carbonyl (C=O) groups excluding carboxylic acids is 1. The van der Waals surface area contributed by atoms with Crippen LogP contribution in [-0.4, -0.2) is 39.1 Å². The zero-order chi connectivity index (χ0) is 19.5. The van der Waals surface area contributed by atoms with Crippen molar-refractivity contribution in [3.63, 3.8) is 0 Å². The van der Waals surface area contributed by atoms with Gasteiger partial charge >= 0.3 is 0 Å². The summed E-state index contributed by atoms with van der Waals surface area (Å²) in [4.78, 5) is 29.9. The van der Waals surface area contributed by atoms with Crippen molar-refractivity contribution in [2.24, 2.45) is 0 Å². The van der Waals surface area contributed by atoms with Crippen LogP contribution in [0.4, 0.5) is 5.88 Å². The molecule has 0 saturated carbocycles. The molecule has 3 heterocycles. The van der Waals surface area contributed by atoms with E-state index in [1.54, 1.807) is 29.7 Å². The Morgan fingerprint density at radius 2 is 2.25 bits per heavy atom. The van der Waals surface area contributed by atoms with Crippen LogP contribution in [0.25, 0.3) is 10.9 Å². The molecular formula is C19H20N4O4S. The van der Waals surface area contributed by atoms with Crippen molar-refractivity contribution in [1.82, 2.24) is 14.7 Å². The lowest BCUT2D eigenvalue weighted by Crippen LogP contribution is -2.29. The second-order valence-corrected chi connectivity index (χ2v) is 7.57. The SMILES string of the molecule is Cc1cc(NC(=O)CSc2nc3ccccc3c(=O)n2CC2CCCO2)on1. The highest BCUT2D eigenvalue weighted by Gasteiger charge is 2.20. The summed E-state index contributed by atoms with van der Waals surface area (Å²) in [6.07, 6.45) is 1.89. The number of carbonyl (C=O) groups is 1. The second-order valence-electron chi connectivity index (χ2n) is 6.63. The van der Waals surface area contributed by atoms with Crippen LogP contribution in [0.15, 0.2) is 44.8 Å². The third-order valence-electron chi connectivity index (χ3n) is 4.46. The molecule has 1 saturated heterocycles. The van der Waals surface area contributed by atoms with E-state index in [1.807, 2.05) is 12.1 Å². The predicted octanol–water partition coefficient (Wildman–Crippen LogP) is 2.60. The zero-order valence-electron chi connectivity index (χ0n) is 15.4. The number of fused-ring (bicyclic) bond motifs is 1. The van der Waals surface area contributed by atoms with Crippen LogP contribution in [0.1, 0.15) is 18.5 Å². The minimum Gasteiger partial charge on any atom is -0.376 e. The maximum absolute atomic E-state index is 13.0. The summed E-state index contributed by atoms with van der Waals surface area (Å²) < 4.78 is 12.3. The number of ether oxygens (including phenoxy) is 1. The van der Waals surface area contributed by atoms with Crippen LogP contribution >= 0.6 is 11.8 Å². The Morgan fingerprint density at radius 3 is 3.00 bits per heavy atom. The largest absolute Gasteiger partial charge is 0.376 e. The van der Waals surface area contributed by atoms with Crippen LogP contribution in [0.3, 0.4) is 0 Å². The van der Waals surface area contributed by atoms with Gasteiger partial charge in [-0.2, -0.15) is 0 Å². The fraction of sp³-hybridized carbons (Fsp3) is 0.368. The van der Waals surface area contributed by atoms with Crippen LogP contribution in [0, 0.1) is 6.92 Å². The van der Waals surface area contributed by atoms with Crippen molar-refractivity contribution in [3.05, 3.63) is 46.4 Å². The van der Waals surface area contributed by atoms with Crippen molar-refractivity contribution >= 4 is 34.5 Å². The normalized spacial score (nSPS) is 16.5. The van der Waals surface area contributed by atoms with Crippen LogP contribution in [0.5, 0.6) is 0 Å². The number of anilines is 1. The van der Waals surface area contributed by atoms with Crippen LogP contribution in [0.2, 0.25) is 0 Å². The molecule has 1 atom stereocenters. The topological polar surface area (TPSA) is 99.2 Å². The quantitative estimate of drug-likeness (QED) is 0.501. The summed E-state index contributed by atoms with van der Waals surface area (Å²) in [5, 5.41) is 7.45. The van der Waals surface area contributed by atoms with Gasteiger partial charge in [-0.1, -0.05) is 29.1 Å². The zero-order valence-corrected chi connectivity index (χ0v) is 16.2. The summed E-state index contributed by atoms with van der Waals surface area (Å²) in [6, 6.07) is 8.87. The van der Waals surface area contributed by atoms with Gasteiger partial charge in [-0.3, -0.25) is 19.5 Å². The molecule has 3 aromatic rings. The van der Waals surface area contributed by atoms with Crippen molar-refractivity contribution in [3.8, 4) is 0 Å². The minimum absolute atomic E-state index is 0.00833. The van der Waals surface area contributed by atoms with E-state index in [9.17, 15) is 9.59 Å². The highest BCUT2D eigenvalue weighted by molar-refractivity contribution is 7.99. The van der Waals surface area contributed by atoms with Gasteiger partial charge in [-0.05, 0) is 31.9 Å². The molecule has 1 unspecified atom stereocenters. The van der Waals surface area contributed by atoms with E-state index in [-0.39, 0.29) is 23.3 Å². The highest BCUT2D eigenvalue weighted by Crippen LogP contribution is 2.21. The predicted molar refractivity (Wildman–Crippen MR) is 106 cm³/mol. The molecule has 1 N–H and O–H groups in total. The van der Waals surface area contributed by atoms with E-state index in [2.05, 4.69) is 15.5 Å². The first kappa shape index (κ1) is 18.7. The maximum atomic E-state index is 13.0. The molecule has 1 aliphatic heterocycles. The lowest BCUT2D eigenvalue weighted by atomic mass is 10.2. The molecule has 1 fully saturated rings. The summed E-state index contributed by atoms with van der Waals surface area (Å²) in [5.41, 5.74) is 1.18. The summed E-state index contributed by atoms with van der Waals surface area (Å²) in [7, 11) is 0. The number of thioether (sulfide) groups is 1. The molecule has 0 aliphatic carbocycles. The summed E-state index contributed by atoms with van der Waals surface area (Å²) >= 11 is 1.22. The average Bonchev–Trinajstić information content (AvgIpc) is 3.34. The Morgan fingerprint density at radius 1 is 1.39 bits per heavy atom. The van der Waals surface area contributed by atoms with E-state index in [4.69, 9.17) is 9.26 Å². The Kier molecular flexibility index (Phi) is 5.45. The van der Waals surface area contributed by atoms with Gasteiger partial charge < -0.3 is 9.26 Å². The summed E-state index contributed by atoms with van der Waals surface area (Å²) in [5.74, 6) is 0.134. The second kappa shape index (κ2) is 8.15. The van der Waals surface area contributed by atoms with E-state index in [1.165, 1.54) is 11.8 Å². The van der Waals surface area contributed by atoms with E-state index in [0.717, 1.165) is 12.8 Å². The van der Waals surface area contributed by atoms with Crippen molar-refractivity contribution in [2.75, 3.05) is 17.7 Å². The molecule has 28 heavy (non-hydrogen) atoms. The van der Waals surface area contributed by atoms with Gasteiger partial charge in [-0.15, -0.1) is 0 Å². The maximum Gasteiger partial charge on any atom is 0.262 e. The lowest BCUT2D eigenvalue weighted by Gasteiger charge is -2.16. The van der Waals surface area contributed by atoms with Gasteiger partial charge in [0.2, 0.25) is 11.8 Å². The first-order valence-corrected chi connectivity index (χ1v) is 10.1. The van der Waals surface area contributed by atoms with Crippen LogP contribution in [-0.2, 0) is 16.1 Å². The first-order valence-electron chi connectivity index (χ1n) is 9.07. The molecular weight excluding hydrogens is 380 g/mol. The Hall–Kier alpha value is -2.65. The fourth-order valence-corrected chi connectivity index (χ4v) is 3.95. The highest BCUT2D eigenvalue weighted by atomic mass is 32.2. The van der Waals surface area contributed by atoms with E-state index < -0.39 is 0 Å². The number of hydrogen-bond acceptors (Lipinski definition) is 7. The third kappa shape index (κ3) is 4.10. The molecule has 9 heteroatoms. The Balaban J connectivity index is 1.57. The molecule has 0 radical (unpaired) electrons. The van der Waals surface area contributed by atoms with Gasteiger partial charge in [0.1, 0.15) is 0 Å². The number of nitrogens with zero attached hydrogens (tertiary/aromatic N) is 3. The fourth-order valence-electron chi connectivity index (χ4n) is 3.14. The summed E-state index contributed by atoms with van der Waals surface area (Å²) in [6.45, 7) is 2.92. The number of amides is 1. The average molecular weight is 400 g/mol. The molecule has 1 aromatic carbocycles. The minimum atomic E-state index is -0.257. The smallest absolute Gasteiger partial charge is 0.262 e.